The smallest absolute Gasteiger partial charge is 0.337 e. The quantitative estimate of drug-likeness (QED) is 0.516. The Morgan fingerprint density at radius 1 is 1.50 bits per heavy atom. The second-order valence-electron chi connectivity index (χ2n) is 2.86. The molecule has 0 bridgehead atoms. The molecular formula is C9H7NO2S2. The molecule has 0 fully saturated rings. The van der Waals surface area contributed by atoms with Crippen LogP contribution in [0, 0.1) is 0 Å². The predicted octanol–water partition coefficient (Wildman–Crippen LogP) is 2.47. The highest BCUT2D eigenvalue weighted by atomic mass is 32.1. The van der Waals surface area contributed by atoms with Crippen molar-refractivity contribution in [3.05, 3.63) is 23.1 Å². The number of nitrogens with two attached hydrogens (primary N) is 1. The Labute approximate surface area is 89.6 Å². The van der Waals surface area contributed by atoms with Crippen LogP contribution in [0.5, 0.6) is 0 Å². The molecular weight excluding hydrogens is 218 g/mol. The van der Waals surface area contributed by atoms with E-state index >= 15 is 0 Å². The Morgan fingerprint density at radius 2 is 2.21 bits per heavy atom. The molecule has 5 heteroatoms. The van der Waals surface area contributed by atoms with Gasteiger partial charge in [0.05, 0.1) is 5.56 Å². The third-order valence-electron chi connectivity index (χ3n) is 1.96. The Bertz CT molecular complexity index is 519. The first-order chi connectivity index (χ1) is 6.59. The molecule has 14 heavy (non-hydrogen) atoms. The highest BCUT2D eigenvalue weighted by Crippen LogP contribution is 2.32. The van der Waals surface area contributed by atoms with E-state index in [0.717, 1.165) is 15.0 Å². The van der Waals surface area contributed by atoms with Gasteiger partial charge in [-0.2, -0.15) is 0 Å². The van der Waals surface area contributed by atoms with Crippen molar-refractivity contribution in [3.8, 4) is 0 Å². The van der Waals surface area contributed by atoms with Gasteiger partial charge < -0.3 is 10.8 Å². The van der Waals surface area contributed by atoms with E-state index in [9.17, 15) is 4.79 Å². The van der Waals surface area contributed by atoms with Gasteiger partial charge in [-0.25, -0.2) is 4.79 Å². The van der Waals surface area contributed by atoms with Gasteiger partial charge in [0.2, 0.25) is 0 Å². The van der Waals surface area contributed by atoms with Crippen molar-refractivity contribution in [2.75, 3.05) is 5.73 Å². The van der Waals surface area contributed by atoms with Crippen molar-refractivity contribution in [2.45, 2.75) is 4.90 Å². The normalized spacial score (nSPS) is 10.6. The molecule has 0 aliphatic heterocycles. The van der Waals surface area contributed by atoms with Gasteiger partial charge in [0, 0.05) is 26.0 Å². The van der Waals surface area contributed by atoms with E-state index in [0.29, 0.717) is 5.69 Å². The fourth-order valence-corrected chi connectivity index (χ4v) is 2.54. The summed E-state index contributed by atoms with van der Waals surface area (Å²) in [6, 6.07) is 3.23. The summed E-state index contributed by atoms with van der Waals surface area (Å²) in [7, 11) is 0. The molecule has 0 saturated carbocycles. The average molecular weight is 225 g/mol. The lowest BCUT2D eigenvalue weighted by Gasteiger charge is -2.00. The average Bonchev–Trinajstić information content (AvgIpc) is 2.46. The van der Waals surface area contributed by atoms with Crippen molar-refractivity contribution >= 4 is 45.7 Å². The summed E-state index contributed by atoms with van der Waals surface area (Å²) >= 11 is 5.73. The van der Waals surface area contributed by atoms with Gasteiger partial charge in [-0.3, -0.25) is 0 Å². The zero-order valence-electron chi connectivity index (χ0n) is 7.02. The number of carbonyl (C=O) groups is 1. The zero-order chi connectivity index (χ0) is 10.3. The van der Waals surface area contributed by atoms with Gasteiger partial charge in [0.15, 0.2) is 0 Å². The van der Waals surface area contributed by atoms with Crippen LogP contribution in [0.4, 0.5) is 5.69 Å². The Hall–Kier alpha value is -1.20. The maximum atomic E-state index is 10.8. The van der Waals surface area contributed by atoms with Crippen molar-refractivity contribution in [2.24, 2.45) is 0 Å². The number of thiol groups is 1. The second-order valence-corrected chi connectivity index (χ2v) is 4.25. The van der Waals surface area contributed by atoms with E-state index in [4.69, 9.17) is 10.8 Å². The molecule has 72 valence electrons. The summed E-state index contributed by atoms with van der Waals surface area (Å²) in [6.45, 7) is 0. The lowest BCUT2D eigenvalue weighted by atomic mass is 10.1. The first-order valence-electron chi connectivity index (χ1n) is 3.82. The molecule has 0 spiro atoms. The Balaban J connectivity index is 2.80. The van der Waals surface area contributed by atoms with E-state index in [1.54, 1.807) is 12.1 Å². The number of hydrogen-bond donors (Lipinski definition) is 3. The van der Waals surface area contributed by atoms with Crippen LogP contribution < -0.4 is 5.73 Å². The van der Waals surface area contributed by atoms with Crippen LogP contribution in [0.1, 0.15) is 10.4 Å². The minimum Gasteiger partial charge on any atom is -0.478 e. The summed E-state index contributed by atoms with van der Waals surface area (Å²) in [6.07, 6.45) is 0. The third kappa shape index (κ3) is 1.34. The van der Waals surface area contributed by atoms with Gasteiger partial charge in [-0.1, -0.05) is 0 Å². The number of fused-ring (bicyclic) bond motifs is 1. The van der Waals surface area contributed by atoms with E-state index in [1.807, 2.05) is 5.38 Å². The number of aromatic carboxylic acids is 1. The molecule has 3 N–H and O–H groups in total. The summed E-state index contributed by atoms with van der Waals surface area (Å²) in [5, 5.41) is 11.5. The minimum atomic E-state index is -1.01. The summed E-state index contributed by atoms with van der Waals surface area (Å²) in [5.41, 5.74) is 6.02. The molecule has 0 aliphatic rings. The van der Waals surface area contributed by atoms with E-state index < -0.39 is 5.97 Å². The largest absolute Gasteiger partial charge is 0.478 e. The number of hydrogen-bond acceptors (Lipinski definition) is 4. The molecule has 2 aromatic rings. The highest BCUT2D eigenvalue weighted by Gasteiger charge is 2.11. The maximum Gasteiger partial charge on any atom is 0.337 e. The number of rotatable bonds is 1. The lowest BCUT2D eigenvalue weighted by Crippen LogP contribution is -2.01. The maximum absolute atomic E-state index is 10.8. The molecule has 0 aliphatic carbocycles. The molecule has 2 rings (SSSR count). The van der Waals surface area contributed by atoms with Crippen LogP contribution in [0.3, 0.4) is 0 Å². The standard InChI is InChI=1S/C9H7NO2S2/c10-6-2-8-5(7(13)3-14-8)1-4(6)9(11)12/h1-3,13H,10H2,(H,11,12). The van der Waals surface area contributed by atoms with E-state index in [2.05, 4.69) is 12.6 Å². The van der Waals surface area contributed by atoms with Crippen LogP contribution in [-0.4, -0.2) is 11.1 Å². The van der Waals surface area contributed by atoms with Gasteiger partial charge in [0.1, 0.15) is 0 Å². The molecule has 1 aromatic carbocycles. The predicted molar refractivity (Wildman–Crippen MR) is 60.4 cm³/mol. The first kappa shape index (κ1) is 9.36. The zero-order valence-corrected chi connectivity index (χ0v) is 8.73. The molecule has 0 saturated heterocycles. The summed E-state index contributed by atoms with van der Waals surface area (Å²) in [5.74, 6) is -1.01. The van der Waals surface area contributed by atoms with Crippen molar-refractivity contribution in [1.82, 2.24) is 0 Å². The minimum absolute atomic E-state index is 0.131. The number of carboxylic acid groups (broad SMARTS) is 1. The molecule has 0 radical (unpaired) electrons. The first-order valence-corrected chi connectivity index (χ1v) is 5.15. The monoisotopic (exact) mass is 225 g/mol. The molecule has 3 nitrogen and oxygen atoms in total. The molecule has 1 heterocycles. The van der Waals surface area contributed by atoms with Crippen LogP contribution >= 0.6 is 24.0 Å². The molecule has 0 amide bonds. The van der Waals surface area contributed by atoms with Gasteiger partial charge in [-0.05, 0) is 12.1 Å². The van der Waals surface area contributed by atoms with Gasteiger partial charge >= 0.3 is 5.97 Å². The fraction of sp³-hybridized carbons (Fsp3) is 0. The summed E-state index contributed by atoms with van der Waals surface area (Å²) < 4.78 is 0.956. The fourth-order valence-electron chi connectivity index (χ4n) is 1.26. The number of carboxylic acids is 1. The number of nitrogen functional groups attached to an aromatic ring is 1. The number of benzene rings is 1. The van der Waals surface area contributed by atoms with Crippen LogP contribution in [0.25, 0.3) is 10.1 Å². The second kappa shape index (κ2) is 3.18. The number of thiophene rings is 1. The Kier molecular flexibility index (Phi) is 2.13. The van der Waals surface area contributed by atoms with E-state index in [1.165, 1.54) is 11.3 Å². The molecule has 1 aromatic heterocycles. The van der Waals surface area contributed by atoms with Crippen LogP contribution in [0.15, 0.2) is 22.4 Å². The van der Waals surface area contributed by atoms with Crippen molar-refractivity contribution in [3.63, 3.8) is 0 Å². The van der Waals surface area contributed by atoms with Crippen molar-refractivity contribution < 1.29 is 9.90 Å². The third-order valence-corrected chi connectivity index (χ3v) is 3.45. The topological polar surface area (TPSA) is 63.3 Å². The molecule has 0 unspecified atom stereocenters. The van der Waals surface area contributed by atoms with Crippen LogP contribution in [0.2, 0.25) is 0 Å². The lowest BCUT2D eigenvalue weighted by molar-refractivity contribution is 0.0698. The molecule has 0 atom stereocenters. The Morgan fingerprint density at radius 3 is 2.86 bits per heavy atom. The van der Waals surface area contributed by atoms with Crippen LogP contribution in [-0.2, 0) is 0 Å². The van der Waals surface area contributed by atoms with Gasteiger partial charge in [0.25, 0.3) is 0 Å². The van der Waals surface area contributed by atoms with E-state index in [-0.39, 0.29) is 5.56 Å². The SMILES string of the molecule is Nc1cc2scc(S)c2cc1C(=O)O. The summed E-state index contributed by atoms with van der Waals surface area (Å²) in [4.78, 5) is 11.6. The van der Waals surface area contributed by atoms with Gasteiger partial charge in [-0.15, -0.1) is 24.0 Å². The number of anilines is 1. The highest BCUT2D eigenvalue weighted by molar-refractivity contribution is 7.80. The van der Waals surface area contributed by atoms with Crippen molar-refractivity contribution in [1.29, 1.82) is 0 Å².